The van der Waals surface area contributed by atoms with Crippen molar-refractivity contribution < 1.29 is 14.3 Å². The number of hydrogen-bond donors (Lipinski definition) is 1. The van der Waals surface area contributed by atoms with Crippen molar-refractivity contribution in [3.8, 4) is 12.3 Å². The fourth-order valence-corrected chi connectivity index (χ4v) is 1.30. The van der Waals surface area contributed by atoms with Gasteiger partial charge in [0.1, 0.15) is 0 Å². The average molecular weight is 251 g/mol. The molecule has 6 nitrogen and oxygen atoms in total. The van der Waals surface area contributed by atoms with E-state index in [4.69, 9.17) is 15.9 Å². The zero-order valence-electron chi connectivity index (χ0n) is 10.8. The molecule has 0 unspecified atom stereocenters. The molecule has 6 heteroatoms. The number of nitrogens with zero attached hydrogens (tertiary/aromatic N) is 3. The van der Waals surface area contributed by atoms with E-state index in [0.717, 1.165) is 0 Å². The highest BCUT2D eigenvalue weighted by Crippen LogP contribution is 2.20. The molecule has 1 rings (SSSR count). The van der Waals surface area contributed by atoms with Gasteiger partial charge in [0, 0.05) is 5.41 Å². The van der Waals surface area contributed by atoms with Crippen LogP contribution in [0.25, 0.3) is 0 Å². The van der Waals surface area contributed by atoms with Gasteiger partial charge < -0.3 is 9.52 Å². The molecule has 0 aliphatic carbocycles. The Labute approximate surface area is 106 Å². The molecule has 0 fully saturated rings. The third kappa shape index (κ3) is 4.18. The number of aliphatic carboxylic acids is 1. The monoisotopic (exact) mass is 251 g/mol. The van der Waals surface area contributed by atoms with Gasteiger partial charge in [-0.25, -0.2) is 0 Å². The molecule has 1 aromatic rings. The topological polar surface area (TPSA) is 79.5 Å². The third-order valence-corrected chi connectivity index (χ3v) is 2.14. The SMILES string of the molecule is C#CCN(CC(=O)O)Cc1nnc(C(C)(C)C)o1. The second-order valence-corrected chi connectivity index (χ2v) is 4.99. The van der Waals surface area contributed by atoms with E-state index in [1.54, 1.807) is 4.90 Å². The minimum atomic E-state index is -0.944. The van der Waals surface area contributed by atoms with Crippen LogP contribution in [0.4, 0.5) is 0 Å². The minimum absolute atomic E-state index is 0.155. The van der Waals surface area contributed by atoms with Crippen LogP contribution < -0.4 is 0 Å². The zero-order chi connectivity index (χ0) is 13.8. The third-order valence-electron chi connectivity index (χ3n) is 2.14. The van der Waals surface area contributed by atoms with E-state index in [1.165, 1.54) is 0 Å². The van der Waals surface area contributed by atoms with Crippen molar-refractivity contribution in [1.29, 1.82) is 0 Å². The van der Waals surface area contributed by atoms with Crippen molar-refractivity contribution in [2.24, 2.45) is 0 Å². The molecule has 1 aromatic heterocycles. The first kappa shape index (κ1) is 14.2. The van der Waals surface area contributed by atoms with Gasteiger partial charge in [-0.3, -0.25) is 9.69 Å². The summed E-state index contributed by atoms with van der Waals surface area (Å²) < 4.78 is 5.48. The van der Waals surface area contributed by atoms with E-state index in [2.05, 4.69) is 16.1 Å². The van der Waals surface area contributed by atoms with E-state index >= 15 is 0 Å². The van der Waals surface area contributed by atoms with Crippen molar-refractivity contribution in [3.05, 3.63) is 11.8 Å². The Morgan fingerprint density at radius 1 is 1.50 bits per heavy atom. The quantitative estimate of drug-likeness (QED) is 0.783. The van der Waals surface area contributed by atoms with Crippen LogP contribution in [0.2, 0.25) is 0 Å². The molecule has 0 saturated heterocycles. The first-order chi connectivity index (χ1) is 8.32. The zero-order valence-corrected chi connectivity index (χ0v) is 10.8. The number of carbonyl (C=O) groups is 1. The van der Waals surface area contributed by atoms with Gasteiger partial charge in [-0.2, -0.15) is 0 Å². The highest BCUT2D eigenvalue weighted by atomic mass is 16.4. The summed E-state index contributed by atoms with van der Waals surface area (Å²) in [5.41, 5.74) is -0.227. The summed E-state index contributed by atoms with van der Waals surface area (Å²) in [4.78, 5) is 12.2. The predicted molar refractivity (Wildman–Crippen MR) is 64.7 cm³/mol. The highest BCUT2D eigenvalue weighted by molar-refractivity contribution is 5.69. The van der Waals surface area contributed by atoms with Gasteiger partial charge in [0.25, 0.3) is 0 Å². The fourth-order valence-electron chi connectivity index (χ4n) is 1.30. The van der Waals surface area contributed by atoms with E-state index < -0.39 is 5.97 Å². The van der Waals surface area contributed by atoms with Gasteiger partial charge in [0.15, 0.2) is 0 Å². The van der Waals surface area contributed by atoms with Crippen LogP contribution in [0.1, 0.15) is 32.6 Å². The summed E-state index contributed by atoms with van der Waals surface area (Å²) in [5, 5.41) is 16.6. The van der Waals surface area contributed by atoms with Crippen LogP contribution in [0.15, 0.2) is 4.42 Å². The maximum Gasteiger partial charge on any atom is 0.317 e. The molecular weight excluding hydrogens is 234 g/mol. The van der Waals surface area contributed by atoms with Crippen molar-refractivity contribution in [2.75, 3.05) is 13.1 Å². The number of rotatable bonds is 5. The van der Waals surface area contributed by atoms with Gasteiger partial charge in [-0.1, -0.05) is 26.7 Å². The van der Waals surface area contributed by atoms with E-state index in [0.29, 0.717) is 11.8 Å². The van der Waals surface area contributed by atoms with Gasteiger partial charge in [0.05, 0.1) is 19.6 Å². The van der Waals surface area contributed by atoms with Crippen molar-refractivity contribution in [2.45, 2.75) is 32.7 Å². The molecule has 0 aliphatic heterocycles. The number of aromatic nitrogens is 2. The fraction of sp³-hybridized carbons (Fsp3) is 0.583. The molecule has 0 aliphatic rings. The first-order valence-corrected chi connectivity index (χ1v) is 5.53. The first-order valence-electron chi connectivity index (χ1n) is 5.53. The normalized spacial score (nSPS) is 11.5. The second-order valence-electron chi connectivity index (χ2n) is 4.99. The number of carboxylic acid groups (broad SMARTS) is 1. The van der Waals surface area contributed by atoms with Crippen LogP contribution in [0.5, 0.6) is 0 Å². The maximum absolute atomic E-state index is 10.7. The standard InChI is InChI=1S/C12H17N3O3/c1-5-6-15(8-10(16)17)7-9-13-14-11(18-9)12(2,3)4/h1H,6-8H2,2-4H3,(H,16,17). The molecule has 1 heterocycles. The minimum Gasteiger partial charge on any atom is -0.480 e. The number of carboxylic acids is 1. The summed E-state index contributed by atoms with van der Waals surface area (Å²) >= 11 is 0. The largest absolute Gasteiger partial charge is 0.480 e. The van der Waals surface area contributed by atoms with Crippen LogP contribution in [-0.4, -0.2) is 39.3 Å². The molecule has 18 heavy (non-hydrogen) atoms. The van der Waals surface area contributed by atoms with Gasteiger partial charge >= 0.3 is 5.97 Å². The lowest BCUT2D eigenvalue weighted by atomic mass is 9.97. The Bertz CT molecular complexity index is 454. The summed E-state index contributed by atoms with van der Waals surface area (Å²) in [5.74, 6) is 2.35. The molecule has 98 valence electrons. The highest BCUT2D eigenvalue weighted by Gasteiger charge is 2.22. The molecule has 0 bridgehead atoms. The van der Waals surface area contributed by atoms with Crippen LogP contribution >= 0.6 is 0 Å². The predicted octanol–water partition coefficient (Wildman–Crippen LogP) is 0.887. The smallest absolute Gasteiger partial charge is 0.317 e. The van der Waals surface area contributed by atoms with E-state index in [-0.39, 0.29) is 25.0 Å². The lowest BCUT2D eigenvalue weighted by Crippen LogP contribution is -2.29. The molecular formula is C12H17N3O3. The van der Waals surface area contributed by atoms with Crippen molar-refractivity contribution >= 4 is 5.97 Å². The number of hydrogen-bond acceptors (Lipinski definition) is 5. The van der Waals surface area contributed by atoms with Gasteiger partial charge in [-0.05, 0) is 0 Å². The van der Waals surface area contributed by atoms with E-state index in [9.17, 15) is 4.79 Å². The molecule has 0 aromatic carbocycles. The molecule has 0 saturated carbocycles. The van der Waals surface area contributed by atoms with Crippen molar-refractivity contribution in [3.63, 3.8) is 0 Å². The Kier molecular flexibility index (Phi) is 4.45. The van der Waals surface area contributed by atoms with Crippen molar-refractivity contribution in [1.82, 2.24) is 15.1 Å². The second kappa shape index (κ2) is 5.65. The Morgan fingerprint density at radius 2 is 2.17 bits per heavy atom. The number of terminal acetylenes is 1. The lowest BCUT2D eigenvalue weighted by Gasteiger charge is -2.15. The van der Waals surface area contributed by atoms with E-state index in [1.807, 2.05) is 20.8 Å². The van der Waals surface area contributed by atoms with Gasteiger partial charge in [0.2, 0.25) is 11.8 Å². The molecule has 0 radical (unpaired) electrons. The molecule has 0 atom stereocenters. The molecule has 1 N–H and O–H groups in total. The Morgan fingerprint density at radius 3 is 2.61 bits per heavy atom. The van der Waals surface area contributed by atoms with Gasteiger partial charge in [-0.15, -0.1) is 16.6 Å². The summed E-state index contributed by atoms with van der Waals surface area (Å²) in [6.07, 6.45) is 5.18. The molecule has 0 amide bonds. The average Bonchev–Trinajstić information content (AvgIpc) is 2.64. The van der Waals surface area contributed by atoms with Crippen LogP contribution in [-0.2, 0) is 16.8 Å². The van der Waals surface area contributed by atoms with Crippen LogP contribution in [0, 0.1) is 12.3 Å². The lowest BCUT2D eigenvalue weighted by molar-refractivity contribution is -0.138. The molecule has 0 spiro atoms. The summed E-state index contributed by atoms with van der Waals surface area (Å²) in [6, 6.07) is 0. The Balaban J connectivity index is 2.73. The summed E-state index contributed by atoms with van der Waals surface area (Å²) in [6.45, 7) is 6.18. The van der Waals surface area contributed by atoms with Crippen LogP contribution in [0.3, 0.4) is 0 Å². The summed E-state index contributed by atoms with van der Waals surface area (Å²) in [7, 11) is 0. The maximum atomic E-state index is 10.7. The Hall–Kier alpha value is -1.87.